The lowest BCUT2D eigenvalue weighted by atomic mass is 10.1. The van der Waals surface area contributed by atoms with E-state index in [1.807, 2.05) is 0 Å². The molecule has 0 aliphatic rings. The molecule has 0 unspecified atom stereocenters. The fourth-order valence-electron chi connectivity index (χ4n) is 1.79. The quantitative estimate of drug-likeness (QED) is 0.467. The lowest BCUT2D eigenvalue weighted by molar-refractivity contribution is 0.808. The minimum Gasteiger partial charge on any atom is -0.352 e. The van der Waals surface area contributed by atoms with Crippen molar-refractivity contribution in [2.24, 2.45) is 4.99 Å². The number of benzene rings is 1. The number of aryl methyl sites for hydroxylation is 1. The van der Waals surface area contributed by atoms with Gasteiger partial charge in [-0.05, 0) is 40.4 Å². The zero-order chi connectivity index (χ0) is 13.5. The molecule has 1 heterocycles. The van der Waals surface area contributed by atoms with Gasteiger partial charge < -0.3 is 10.6 Å². The third-order valence-electron chi connectivity index (χ3n) is 2.97. The number of aliphatic imine (C=N–C) groups is 1. The number of thiophene rings is 1. The van der Waals surface area contributed by atoms with E-state index in [9.17, 15) is 0 Å². The first-order chi connectivity index (χ1) is 9.29. The first-order valence-corrected chi connectivity index (χ1v) is 7.24. The predicted molar refractivity (Wildman–Crippen MR) is 98.0 cm³/mol. The van der Waals surface area contributed by atoms with Crippen molar-refractivity contribution in [1.82, 2.24) is 10.6 Å². The van der Waals surface area contributed by atoms with E-state index in [0.29, 0.717) is 0 Å². The third kappa shape index (κ3) is 5.13. The molecule has 1 aromatic heterocycles. The fraction of sp³-hybridized carbons (Fsp3) is 0.267. The van der Waals surface area contributed by atoms with Crippen molar-refractivity contribution in [3.05, 3.63) is 57.8 Å². The van der Waals surface area contributed by atoms with Crippen LogP contribution in [0.15, 0.2) is 46.1 Å². The van der Waals surface area contributed by atoms with Crippen LogP contribution < -0.4 is 10.6 Å². The van der Waals surface area contributed by atoms with Crippen molar-refractivity contribution in [1.29, 1.82) is 0 Å². The number of hydrogen-bond donors (Lipinski definition) is 2. The van der Waals surface area contributed by atoms with Crippen molar-refractivity contribution >= 4 is 41.3 Å². The molecule has 0 radical (unpaired) electrons. The molecule has 20 heavy (non-hydrogen) atoms. The van der Waals surface area contributed by atoms with Crippen molar-refractivity contribution in [3.63, 3.8) is 0 Å². The summed E-state index contributed by atoms with van der Waals surface area (Å²) < 4.78 is 0. The predicted octanol–water partition coefficient (Wildman–Crippen LogP) is 3.54. The van der Waals surface area contributed by atoms with Crippen LogP contribution in [0.2, 0.25) is 0 Å². The molecule has 0 saturated carbocycles. The molecule has 0 aliphatic carbocycles. The van der Waals surface area contributed by atoms with Gasteiger partial charge in [0.15, 0.2) is 5.96 Å². The van der Waals surface area contributed by atoms with Gasteiger partial charge in [0.05, 0.1) is 0 Å². The highest BCUT2D eigenvalue weighted by Gasteiger charge is 2.00. The maximum atomic E-state index is 4.23. The summed E-state index contributed by atoms with van der Waals surface area (Å²) in [6.07, 6.45) is 0. The van der Waals surface area contributed by atoms with E-state index in [-0.39, 0.29) is 24.0 Å². The Morgan fingerprint density at radius 2 is 1.90 bits per heavy atom. The molecule has 0 saturated heterocycles. The van der Waals surface area contributed by atoms with E-state index in [1.165, 1.54) is 16.7 Å². The largest absolute Gasteiger partial charge is 0.352 e. The summed E-state index contributed by atoms with van der Waals surface area (Å²) in [6, 6.07) is 10.5. The zero-order valence-corrected chi connectivity index (χ0v) is 14.9. The fourth-order valence-corrected chi connectivity index (χ4v) is 2.46. The average molecular weight is 401 g/mol. The summed E-state index contributed by atoms with van der Waals surface area (Å²) in [4.78, 5) is 4.23. The second-order valence-electron chi connectivity index (χ2n) is 4.34. The number of nitrogens with one attached hydrogen (secondary N) is 2. The van der Waals surface area contributed by atoms with Crippen LogP contribution in [0.3, 0.4) is 0 Å². The molecule has 3 nitrogen and oxygen atoms in total. The minimum atomic E-state index is 0. The van der Waals surface area contributed by atoms with Crippen molar-refractivity contribution in [3.8, 4) is 0 Å². The van der Waals surface area contributed by atoms with Crippen LogP contribution in [-0.2, 0) is 13.1 Å². The number of guanidine groups is 1. The summed E-state index contributed by atoms with van der Waals surface area (Å²) in [6.45, 7) is 3.71. The standard InChI is InChI=1S/C15H19N3S.HI/c1-12-5-3-4-6-14(12)10-18-15(16-2)17-9-13-7-8-19-11-13;/h3-8,11H,9-10H2,1-2H3,(H2,16,17,18);1H. The minimum absolute atomic E-state index is 0. The average Bonchev–Trinajstić information content (AvgIpc) is 2.94. The van der Waals surface area contributed by atoms with E-state index < -0.39 is 0 Å². The normalized spacial score (nSPS) is 10.8. The molecule has 1 aromatic carbocycles. The Labute approximate surface area is 141 Å². The molecule has 2 rings (SSSR count). The first-order valence-electron chi connectivity index (χ1n) is 6.29. The Hall–Kier alpha value is -1.08. The molecule has 2 aromatic rings. The van der Waals surface area contributed by atoms with Gasteiger partial charge >= 0.3 is 0 Å². The van der Waals surface area contributed by atoms with Gasteiger partial charge in [-0.3, -0.25) is 4.99 Å². The van der Waals surface area contributed by atoms with Crippen LogP contribution in [0.1, 0.15) is 16.7 Å². The Balaban J connectivity index is 0.00000200. The molecule has 108 valence electrons. The molecule has 2 N–H and O–H groups in total. The van der Waals surface area contributed by atoms with Crippen LogP contribution in [0.4, 0.5) is 0 Å². The van der Waals surface area contributed by atoms with Crippen LogP contribution >= 0.6 is 35.3 Å². The van der Waals surface area contributed by atoms with E-state index in [4.69, 9.17) is 0 Å². The van der Waals surface area contributed by atoms with Crippen LogP contribution in [0.5, 0.6) is 0 Å². The van der Waals surface area contributed by atoms with Crippen molar-refractivity contribution < 1.29 is 0 Å². The molecule has 0 fully saturated rings. The van der Waals surface area contributed by atoms with Crippen LogP contribution in [0, 0.1) is 6.92 Å². The maximum absolute atomic E-state index is 4.23. The third-order valence-corrected chi connectivity index (χ3v) is 3.70. The van der Waals surface area contributed by atoms with Gasteiger partial charge in [-0.2, -0.15) is 11.3 Å². The Morgan fingerprint density at radius 3 is 2.55 bits per heavy atom. The second-order valence-corrected chi connectivity index (χ2v) is 5.12. The Bertz CT molecular complexity index is 538. The van der Waals surface area contributed by atoms with Gasteiger partial charge in [-0.1, -0.05) is 24.3 Å². The van der Waals surface area contributed by atoms with Gasteiger partial charge in [-0.25, -0.2) is 0 Å². The van der Waals surface area contributed by atoms with Gasteiger partial charge in [0.1, 0.15) is 0 Å². The highest BCUT2D eigenvalue weighted by Crippen LogP contribution is 2.06. The van der Waals surface area contributed by atoms with Gasteiger partial charge in [0.25, 0.3) is 0 Å². The Morgan fingerprint density at radius 1 is 1.15 bits per heavy atom. The molecule has 0 atom stereocenters. The topological polar surface area (TPSA) is 36.4 Å². The molecule has 0 bridgehead atoms. The number of halogens is 1. The van der Waals surface area contributed by atoms with Crippen LogP contribution in [-0.4, -0.2) is 13.0 Å². The van der Waals surface area contributed by atoms with Gasteiger partial charge in [-0.15, -0.1) is 24.0 Å². The Kier molecular flexibility index (Phi) is 7.61. The summed E-state index contributed by atoms with van der Waals surface area (Å²) in [5.41, 5.74) is 3.87. The molecule has 0 spiro atoms. The summed E-state index contributed by atoms with van der Waals surface area (Å²) in [5.74, 6) is 0.828. The van der Waals surface area contributed by atoms with Crippen molar-refractivity contribution in [2.45, 2.75) is 20.0 Å². The lowest BCUT2D eigenvalue weighted by Crippen LogP contribution is -2.36. The number of nitrogens with zero attached hydrogens (tertiary/aromatic N) is 1. The smallest absolute Gasteiger partial charge is 0.191 e. The molecular formula is C15H20IN3S. The number of hydrogen-bond acceptors (Lipinski definition) is 2. The SMILES string of the molecule is CN=C(NCc1ccsc1)NCc1ccccc1C.I. The van der Waals surface area contributed by atoms with Crippen molar-refractivity contribution in [2.75, 3.05) is 7.05 Å². The zero-order valence-electron chi connectivity index (χ0n) is 11.7. The van der Waals surface area contributed by atoms with Gasteiger partial charge in [0, 0.05) is 20.1 Å². The first kappa shape index (κ1) is 17.0. The summed E-state index contributed by atoms with van der Waals surface area (Å²) >= 11 is 1.71. The lowest BCUT2D eigenvalue weighted by Gasteiger charge is -2.12. The van der Waals surface area contributed by atoms with Gasteiger partial charge in [0.2, 0.25) is 0 Å². The molecule has 0 aliphatic heterocycles. The maximum Gasteiger partial charge on any atom is 0.191 e. The summed E-state index contributed by atoms with van der Waals surface area (Å²) in [7, 11) is 1.79. The highest BCUT2D eigenvalue weighted by molar-refractivity contribution is 14.0. The molecule has 0 amide bonds. The monoisotopic (exact) mass is 401 g/mol. The van der Waals surface area contributed by atoms with E-state index in [0.717, 1.165) is 19.0 Å². The van der Waals surface area contributed by atoms with E-state index in [2.05, 4.69) is 63.6 Å². The number of rotatable bonds is 4. The molecular weight excluding hydrogens is 381 g/mol. The molecule has 5 heteroatoms. The van der Waals surface area contributed by atoms with E-state index in [1.54, 1.807) is 18.4 Å². The van der Waals surface area contributed by atoms with E-state index >= 15 is 0 Å². The highest BCUT2D eigenvalue weighted by atomic mass is 127. The summed E-state index contributed by atoms with van der Waals surface area (Å²) in [5, 5.41) is 10.9. The van der Waals surface area contributed by atoms with Crippen LogP contribution in [0.25, 0.3) is 0 Å². The second kappa shape index (κ2) is 8.97.